The molecule has 7 heteroatoms. The highest BCUT2D eigenvalue weighted by Gasteiger charge is 2.12. The van der Waals surface area contributed by atoms with Crippen molar-refractivity contribution in [1.29, 1.82) is 0 Å². The van der Waals surface area contributed by atoms with Gasteiger partial charge in [-0.05, 0) is 36.8 Å². The van der Waals surface area contributed by atoms with Crippen LogP contribution in [-0.2, 0) is 13.1 Å². The van der Waals surface area contributed by atoms with Gasteiger partial charge in [-0.25, -0.2) is 9.97 Å². The van der Waals surface area contributed by atoms with E-state index < -0.39 is 0 Å². The molecule has 0 aliphatic rings. The number of halogens is 1. The van der Waals surface area contributed by atoms with Crippen molar-refractivity contribution < 1.29 is 0 Å². The SMILES string of the molecule is CCn1c(=S)[nH]c2cc3c(N(C)Cc4ccccc4)ncnc3cc21.Cl. The topological polar surface area (TPSA) is 49.7 Å². The van der Waals surface area contributed by atoms with E-state index >= 15 is 0 Å². The maximum absolute atomic E-state index is 5.42. The molecule has 2 heterocycles. The molecule has 4 rings (SSSR count). The second-order valence-electron chi connectivity index (χ2n) is 6.10. The predicted octanol–water partition coefficient (Wildman–Crippen LogP) is 4.72. The van der Waals surface area contributed by atoms with Crippen molar-refractivity contribution in [2.75, 3.05) is 11.9 Å². The first-order valence-electron chi connectivity index (χ1n) is 8.29. The number of benzene rings is 2. The lowest BCUT2D eigenvalue weighted by atomic mass is 10.1. The normalized spacial score (nSPS) is 10.8. The molecule has 0 saturated carbocycles. The van der Waals surface area contributed by atoms with Crippen LogP contribution < -0.4 is 4.90 Å². The molecule has 0 spiro atoms. The van der Waals surface area contributed by atoms with Gasteiger partial charge in [0.1, 0.15) is 12.1 Å². The number of hydrogen-bond donors (Lipinski definition) is 1. The zero-order chi connectivity index (χ0) is 17.4. The molecule has 4 aromatic rings. The number of imidazole rings is 1. The Balaban J connectivity index is 0.00000196. The smallest absolute Gasteiger partial charge is 0.178 e. The molecule has 5 nitrogen and oxygen atoms in total. The Morgan fingerprint density at radius 2 is 1.92 bits per heavy atom. The van der Waals surface area contributed by atoms with Crippen LogP contribution in [0.5, 0.6) is 0 Å². The molecule has 1 N–H and O–H groups in total. The van der Waals surface area contributed by atoms with E-state index in [4.69, 9.17) is 12.2 Å². The standard InChI is InChI=1S/C19H19N5S.ClH/c1-3-24-17-10-15-14(9-16(17)22-19(24)25)18(21-12-20-15)23(2)11-13-7-5-4-6-8-13;/h4-10,12H,3,11H2,1-2H3,(H,22,25);1H. The van der Waals surface area contributed by atoms with Crippen LogP contribution in [0.3, 0.4) is 0 Å². The predicted molar refractivity (Wildman–Crippen MR) is 112 cm³/mol. The summed E-state index contributed by atoms with van der Waals surface area (Å²) < 4.78 is 2.82. The van der Waals surface area contributed by atoms with Crippen molar-refractivity contribution >= 4 is 52.4 Å². The second-order valence-corrected chi connectivity index (χ2v) is 6.49. The van der Waals surface area contributed by atoms with Gasteiger partial charge >= 0.3 is 0 Å². The van der Waals surface area contributed by atoms with Gasteiger partial charge in [-0.3, -0.25) is 0 Å². The summed E-state index contributed by atoms with van der Waals surface area (Å²) in [5.41, 5.74) is 4.27. The molecule has 0 radical (unpaired) electrons. The molecule has 0 atom stereocenters. The molecule has 2 aromatic heterocycles. The third-order valence-electron chi connectivity index (χ3n) is 4.45. The number of hydrogen-bond acceptors (Lipinski definition) is 4. The Morgan fingerprint density at radius 1 is 1.15 bits per heavy atom. The molecular formula is C19H20ClN5S. The zero-order valence-corrected chi connectivity index (χ0v) is 16.3. The van der Waals surface area contributed by atoms with Crippen LogP contribution in [-0.4, -0.2) is 26.6 Å². The van der Waals surface area contributed by atoms with Crippen molar-refractivity contribution in [3.63, 3.8) is 0 Å². The van der Waals surface area contributed by atoms with E-state index in [1.54, 1.807) is 6.33 Å². The molecule has 26 heavy (non-hydrogen) atoms. The summed E-state index contributed by atoms with van der Waals surface area (Å²) in [5.74, 6) is 0.916. The maximum Gasteiger partial charge on any atom is 0.178 e. The first-order chi connectivity index (χ1) is 12.2. The zero-order valence-electron chi connectivity index (χ0n) is 14.6. The van der Waals surface area contributed by atoms with Crippen LogP contribution in [0, 0.1) is 4.77 Å². The number of aromatic nitrogens is 4. The highest BCUT2D eigenvalue weighted by molar-refractivity contribution is 7.71. The van der Waals surface area contributed by atoms with Gasteiger partial charge in [0.25, 0.3) is 0 Å². The number of rotatable bonds is 4. The van der Waals surface area contributed by atoms with Crippen molar-refractivity contribution in [1.82, 2.24) is 19.5 Å². The molecule has 0 aliphatic heterocycles. The van der Waals surface area contributed by atoms with Crippen LogP contribution in [0.1, 0.15) is 12.5 Å². The number of aromatic amines is 1. The fourth-order valence-electron chi connectivity index (χ4n) is 3.24. The second kappa shape index (κ2) is 7.43. The van der Waals surface area contributed by atoms with Crippen molar-refractivity contribution in [3.8, 4) is 0 Å². The molecular weight excluding hydrogens is 366 g/mol. The summed E-state index contributed by atoms with van der Waals surface area (Å²) in [6.45, 7) is 3.71. The van der Waals surface area contributed by atoms with Gasteiger partial charge in [-0.2, -0.15) is 0 Å². The minimum absolute atomic E-state index is 0. The number of nitrogens with zero attached hydrogens (tertiary/aromatic N) is 4. The van der Waals surface area contributed by atoms with E-state index in [1.165, 1.54) is 5.56 Å². The fourth-order valence-corrected chi connectivity index (χ4v) is 3.58. The first kappa shape index (κ1) is 18.4. The molecule has 0 saturated heterocycles. The van der Waals surface area contributed by atoms with Crippen LogP contribution in [0.15, 0.2) is 48.8 Å². The van der Waals surface area contributed by atoms with E-state index in [0.29, 0.717) is 0 Å². The van der Waals surface area contributed by atoms with Crippen LogP contribution in [0.2, 0.25) is 0 Å². The quantitative estimate of drug-likeness (QED) is 0.516. The summed E-state index contributed by atoms with van der Waals surface area (Å²) in [6, 6.07) is 14.6. The number of fused-ring (bicyclic) bond motifs is 2. The summed E-state index contributed by atoms with van der Waals surface area (Å²) in [5, 5.41) is 1.02. The van der Waals surface area contributed by atoms with E-state index in [2.05, 4.69) is 74.8 Å². The van der Waals surface area contributed by atoms with Crippen LogP contribution in [0.25, 0.3) is 21.9 Å². The average molecular weight is 386 g/mol. The van der Waals surface area contributed by atoms with E-state index in [-0.39, 0.29) is 12.4 Å². The summed E-state index contributed by atoms with van der Waals surface area (Å²) in [7, 11) is 2.05. The summed E-state index contributed by atoms with van der Waals surface area (Å²) >= 11 is 5.42. The van der Waals surface area contributed by atoms with Crippen molar-refractivity contribution in [3.05, 3.63) is 59.1 Å². The van der Waals surface area contributed by atoms with Crippen molar-refractivity contribution in [2.24, 2.45) is 0 Å². The Morgan fingerprint density at radius 3 is 2.65 bits per heavy atom. The fraction of sp³-hybridized carbons (Fsp3) is 0.211. The minimum Gasteiger partial charge on any atom is -0.355 e. The number of anilines is 1. The van der Waals surface area contributed by atoms with Gasteiger partial charge in [-0.1, -0.05) is 30.3 Å². The molecule has 0 bridgehead atoms. The van der Waals surface area contributed by atoms with Gasteiger partial charge < -0.3 is 14.5 Å². The maximum atomic E-state index is 5.42. The number of nitrogens with one attached hydrogen (secondary N) is 1. The summed E-state index contributed by atoms with van der Waals surface area (Å²) in [6.07, 6.45) is 1.63. The molecule has 134 valence electrons. The van der Waals surface area contributed by atoms with Gasteiger partial charge in [-0.15, -0.1) is 12.4 Å². The first-order valence-corrected chi connectivity index (χ1v) is 8.70. The lowest BCUT2D eigenvalue weighted by Gasteiger charge is -2.19. The van der Waals surface area contributed by atoms with Crippen LogP contribution >= 0.6 is 24.6 Å². The van der Waals surface area contributed by atoms with Gasteiger partial charge in [0.2, 0.25) is 0 Å². The Hall–Kier alpha value is -2.44. The lowest BCUT2D eigenvalue weighted by Crippen LogP contribution is -2.18. The molecule has 0 unspecified atom stereocenters. The third kappa shape index (κ3) is 3.18. The Labute approximate surface area is 163 Å². The minimum atomic E-state index is 0. The number of aryl methyl sites for hydroxylation is 1. The third-order valence-corrected chi connectivity index (χ3v) is 4.77. The Bertz CT molecular complexity index is 1100. The molecule has 0 amide bonds. The van der Waals surface area contributed by atoms with E-state index in [0.717, 1.165) is 45.6 Å². The molecule has 2 aromatic carbocycles. The lowest BCUT2D eigenvalue weighted by molar-refractivity contribution is 0.774. The Kier molecular flexibility index (Phi) is 5.25. The van der Waals surface area contributed by atoms with E-state index in [1.807, 2.05) is 6.07 Å². The number of H-pyrrole nitrogens is 1. The van der Waals surface area contributed by atoms with E-state index in [9.17, 15) is 0 Å². The summed E-state index contributed by atoms with van der Waals surface area (Å²) in [4.78, 5) is 14.4. The monoisotopic (exact) mass is 385 g/mol. The van der Waals surface area contributed by atoms with Crippen molar-refractivity contribution in [2.45, 2.75) is 20.0 Å². The highest BCUT2D eigenvalue weighted by Crippen LogP contribution is 2.28. The van der Waals surface area contributed by atoms with Crippen LogP contribution in [0.4, 0.5) is 5.82 Å². The molecule has 0 fully saturated rings. The average Bonchev–Trinajstić information content (AvgIpc) is 2.94. The highest BCUT2D eigenvalue weighted by atomic mass is 35.5. The largest absolute Gasteiger partial charge is 0.355 e. The van der Waals surface area contributed by atoms with Gasteiger partial charge in [0.15, 0.2) is 4.77 Å². The molecule has 0 aliphatic carbocycles. The van der Waals surface area contributed by atoms with Gasteiger partial charge in [0, 0.05) is 25.5 Å². The van der Waals surface area contributed by atoms with Gasteiger partial charge in [0.05, 0.1) is 16.6 Å².